The van der Waals surface area contributed by atoms with E-state index < -0.39 is 0 Å². The van der Waals surface area contributed by atoms with Crippen molar-refractivity contribution in [2.45, 2.75) is 25.9 Å². The van der Waals surface area contributed by atoms with E-state index in [4.69, 9.17) is 9.47 Å². The van der Waals surface area contributed by atoms with Crippen molar-refractivity contribution in [3.8, 4) is 11.5 Å². The summed E-state index contributed by atoms with van der Waals surface area (Å²) in [6, 6.07) is 12.4. The molecule has 0 bridgehead atoms. The number of piperazine rings is 1. The molecule has 1 aliphatic rings. The first-order chi connectivity index (χ1) is 15.5. The molecule has 1 saturated heterocycles. The molecule has 32 heavy (non-hydrogen) atoms. The van der Waals surface area contributed by atoms with Crippen LogP contribution in [0, 0.1) is 5.82 Å². The number of halogens is 1. The van der Waals surface area contributed by atoms with Gasteiger partial charge in [-0.1, -0.05) is 0 Å². The van der Waals surface area contributed by atoms with Crippen LogP contribution in [0.1, 0.15) is 37.3 Å². The van der Waals surface area contributed by atoms with E-state index in [1.807, 2.05) is 35.0 Å². The molecule has 2 aromatic carbocycles. The Labute approximate surface area is 187 Å². The van der Waals surface area contributed by atoms with Crippen molar-refractivity contribution >= 4 is 5.69 Å². The van der Waals surface area contributed by atoms with E-state index in [2.05, 4.69) is 39.2 Å². The summed E-state index contributed by atoms with van der Waals surface area (Å²) in [4.78, 5) is 4.64. The van der Waals surface area contributed by atoms with Crippen LogP contribution in [0.3, 0.4) is 0 Å². The molecule has 8 nitrogen and oxygen atoms in total. The maximum absolute atomic E-state index is 13.3. The zero-order valence-corrected chi connectivity index (χ0v) is 18.9. The first-order valence-electron chi connectivity index (χ1n) is 10.8. The van der Waals surface area contributed by atoms with Gasteiger partial charge in [0.15, 0.2) is 5.82 Å². The topological polar surface area (TPSA) is 68.5 Å². The third-order valence-corrected chi connectivity index (χ3v) is 5.86. The van der Waals surface area contributed by atoms with Gasteiger partial charge in [-0.3, -0.25) is 4.90 Å². The molecule has 0 radical (unpaired) electrons. The van der Waals surface area contributed by atoms with Gasteiger partial charge in [0.1, 0.15) is 23.4 Å². The predicted molar refractivity (Wildman–Crippen MR) is 120 cm³/mol. The van der Waals surface area contributed by atoms with Gasteiger partial charge in [0, 0.05) is 43.5 Å². The molecule has 170 valence electrons. The van der Waals surface area contributed by atoms with Gasteiger partial charge in [0.05, 0.1) is 20.3 Å². The number of rotatable bonds is 7. The molecule has 0 unspecified atom stereocenters. The van der Waals surface area contributed by atoms with Gasteiger partial charge in [-0.2, -0.15) is 0 Å². The minimum atomic E-state index is -0.223. The van der Waals surface area contributed by atoms with Crippen molar-refractivity contribution in [2.24, 2.45) is 0 Å². The highest BCUT2D eigenvalue weighted by atomic mass is 19.1. The highest BCUT2D eigenvalue weighted by Gasteiger charge is 2.33. The lowest BCUT2D eigenvalue weighted by Crippen LogP contribution is -2.48. The lowest BCUT2D eigenvalue weighted by Gasteiger charge is -2.40. The SMILES string of the molecule is COc1ccc([C@@H](c2nnnn2C(C)C)N2CCN(c3ccc(F)cc3)CC2)c(OC)c1. The lowest BCUT2D eigenvalue weighted by molar-refractivity contribution is 0.195. The number of anilines is 1. The third kappa shape index (κ3) is 4.38. The summed E-state index contributed by atoms with van der Waals surface area (Å²) in [7, 11) is 3.30. The second-order valence-electron chi connectivity index (χ2n) is 8.09. The molecular weight excluding hydrogens is 411 g/mol. The number of nitrogens with zero attached hydrogens (tertiary/aromatic N) is 6. The first-order valence-corrected chi connectivity index (χ1v) is 10.8. The molecule has 0 N–H and O–H groups in total. The molecule has 2 heterocycles. The number of tetrazole rings is 1. The summed E-state index contributed by atoms with van der Waals surface area (Å²) in [5.74, 6) is 2.01. The number of benzene rings is 2. The predicted octanol–water partition coefficient (Wildman–Crippen LogP) is 3.32. The van der Waals surface area contributed by atoms with Crippen LogP contribution < -0.4 is 14.4 Å². The quantitative estimate of drug-likeness (QED) is 0.558. The fourth-order valence-corrected chi connectivity index (χ4v) is 4.18. The Kier molecular flexibility index (Phi) is 6.55. The van der Waals surface area contributed by atoms with Crippen LogP contribution >= 0.6 is 0 Å². The van der Waals surface area contributed by atoms with Crippen LogP contribution in [0.25, 0.3) is 0 Å². The molecule has 9 heteroatoms. The Morgan fingerprint density at radius 3 is 2.28 bits per heavy atom. The highest BCUT2D eigenvalue weighted by molar-refractivity contribution is 5.47. The fraction of sp³-hybridized carbons (Fsp3) is 0.435. The lowest BCUT2D eigenvalue weighted by atomic mass is 10.0. The molecule has 1 atom stereocenters. The number of methoxy groups -OCH3 is 2. The minimum absolute atomic E-state index is 0.118. The van der Waals surface area contributed by atoms with Crippen LogP contribution in [-0.2, 0) is 0 Å². The van der Waals surface area contributed by atoms with Crippen LogP contribution in [0.2, 0.25) is 0 Å². The van der Waals surface area contributed by atoms with Crippen molar-refractivity contribution in [2.75, 3.05) is 45.3 Å². The fourth-order valence-electron chi connectivity index (χ4n) is 4.18. The van der Waals surface area contributed by atoms with E-state index in [1.165, 1.54) is 12.1 Å². The Bertz CT molecular complexity index is 1030. The van der Waals surface area contributed by atoms with Crippen molar-refractivity contribution in [1.29, 1.82) is 0 Å². The molecule has 1 fully saturated rings. The Hall–Kier alpha value is -3.20. The third-order valence-electron chi connectivity index (χ3n) is 5.86. The van der Waals surface area contributed by atoms with Gasteiger partial charge < -0.3 is 14.4 Å². The second kappa shape index (κ2) is 9.52. The van der Waals surface area contributed by atoms with Gasteiger partial charge >= 0.3 is 0 Å². The maximum atomic E-state index is 13.3. The second-order valence-corrected chi connectivity index (χ2v) is 8.09. The number of ether oxygens (including phenoxy) is 2. The largest absolute Gasteiger partial charge is 0.497 e. The summed E-state index contributed by atoms with van der Waals surface area (Å²) < 4.78 is 26.3. The minimum Gasteiger partial charge on any atom is -0.497 e. The molecule has 1 aliphatic heterocycles. The van der Waals surface area contributed by atoms with Crippen LogP contribution in [0.5, 0.6) is 11.5 Å². The molecule has 3 aromatic rings. The van der Waals surface area contributed by atoms with E-state index >= 15 is 0 Å². The molecular formula is C23H29FN6O2. The Morgan fingerprint density at radius 2 is 1.66 bits per heavy atom. The summed E-state index contributed by atoms with van der Waals surface area (Å²) in [5, 5.41) is 12.6. The summed E-state index contributed by atoms with van der Waals surface area (Å²) in [6.07, 6.45) is 0. The average molecular weight is 441 g/mol. The van der Waals surface area contributed by atoms with Crippen LogP contribution in [0.4, 0.5) is 10.1 Å². The van der Waals surface area contributed by atoms with Gasteiger partial charge in [-0.05, 0) is 60.7 Å². The summed E-state index contributed by atoms with van der Waals surface area (Å²) >= 11 is 0. The van der Waals surface area contributed by atoms with Crippen molar-refractivity contribution in [3.05, 3.63) is 59.7 Å². The normalized spacial score (nSPS) is 15.8. The molecule has 0 aliphatic carbocycles. The van der Waals surface area contributed by atoms with E-state index in [1.54, 1.807) is 14.2 Å². The highest BCUT2D eigenvalue weighted by Crippen LogP contribution is 2.37. The van der Waals surface area contributed by atoms with E-state index in [0.717, 1.165) is 54.8 Å². The smallest absolute Gasteiger partial charge is 0.173 e. The number of aromatic nitrogens is 4. The molecule has 0 spiro atoms. The molecule has 0 amide bonds. The van der Waals surface area contributed by atoms with Gasteiger partial charge in [-0.25, -0.2) is 9.07 Å². The monoisotopic (exact) mass is 440 g/mol. The number of hydrogen-bond acceptors (Lipinski definition) is 7. The van der Waals surface area contributed by atoms with E-state index in [9.17, 15) is 4.39 Å². The van der Waals surface area contributed by atoms with Gasteiger partial charge in [0.2, 0.25) is 0 Å². The van der Waals surface area contributed by atoms with Crippen molar-refractivity contribution in [1.82, 2.24) is 25.1 Å². The molecule has 0 saturated carbocycles. The molecule has 1 aromatic heterocycles. The van der Waals surface area contributed by atoms with Crippen LogP contribution in [-0.4, -0.2) is 65.5 Å². The number of hydrogen-bond donors (Lipinski definition) is 0. The van der Waals surface area contributed by atoms with Crippen molar-refractivity contribution < 1.29 is 13.9 Å². The molecule has 4 rings (SSSR count). The first kappa shape index (κ1) is 22.0. The average Bonchev–Trinajstić information content (AvgIpc) is 3.30. The van der Waals surface area contributed by atoms with Gasteiger partial charge in [-0.15, -0.1) is 5.10 Å². The zero-order chi connectivity index (χ0) is 22.7. The Morgan fingerprint density at radius 1 is 0.938 bits per heavy atom. The summed E-state index contributed by atoms with van der Waals surface area (Å²) in [5.41, 5.74) is 2.01. The van der Waals surface area contributed by atoms with Crippen LogP contribution in [0.15, 0.2) is 42.5 Å². The summed E-state index contributed by atoms with van der Waals surface area (Å²) in [6.45, 7) is 7.33. The Balaban J connectivity index is 1.66. The van der Waals surface area contributed by atoms with Gasteiger partial charge in [0.25, 0.3) is 0 Å². The van der Waals surface area contributed by atoms with E-state index in [-0.39, 0.29) is 17.9 Å². The zero-order valence-electron chi connectivity index (χ0n) is 18.9. The van der Waals surface area contributed by atoms with E-state index in [0.29, 0.717) is 0 Å². The van der Waals surface area contributed by atoms with Crippen molar-refractivity contribution in [3.63, 3.8) is 0 Å². The standard InChI is InChI=1S/C23H29FN6O2/c1-16(2)30-23(25-26-27-30)22(20-10-9-19(31-3)15-21(20)32-4)29-13-11-28(12-14-29)18-7-5-17(24)6-8-18/h5-10,15-16,22H,11-14H2,1-4H3/t22-/m0/s1. The maximum Gasteiger partial charge on any atom is 0.173 e.